The molecule has 2 aliphatic heterocycles. The second-order valence-corrected chi connectivity index (χ2v) is 10.3. The molecule has 0 aromatic heterocycles. The lowest BCUT2D eigenvalue weighted by Gasteiger charge is -2.44. The zero-order valence-electron chi connectivity index (χ0n) is 21.9. The third-order valence-corrected chi connectivity index (χ3v) is 7.32. The van der Waals surface area contributed by atoms with Crippen molar-refractivity contribution in [2.24, 2.45) is 5.73 Å². The van der Waals surface area contributed by atoms with E-state index in [1.807, 2.05) is 0 Å². The molecule has 7 heteroatoms. The summed E-state index contributed by atoms with van der Waals surface area (Å²) in [5.41, 5.74) is 5.42. The molecule has 34 heavy (non-hydrogen) atoms. The lowest BCUT2D eigenvalue weighted by Crippen LogP contribution is -2.51. The van der Waals surface area contributed by atoms with Crippen molar-refractivity contribution >= 4 is 6.29 Å². The molecule has 0 unspecified atom stereocenters. The zero-order valence-corrected chi connectivity index (χ0v) is 21.9. The maximum absolute atomic E-state index is 8.81. The van der Waals surface area contributed by atoms with E-state index < -0.39 is 11.6 Å². The van der Waals surface area contributed by atoms with Crippen LogP contribution in [0.15, 0.2) is 0 Å². The molecule has 4 rings (SSSR count). The number of hydrogen-bond acceptors (Lipinski definition) is 7. The van der Waals surface area contributed by atoms with E-state index in [9.17, 15) is 0 Å². The smallest absolute Gasteiger partial charge is 0.234 e. The Balaban J connectivity index is 0.000000283. The number of likely N-dealkylation sites (tertiary alicyclic amines) is 1. The monoisotopic (exact) mass is 484 g/mol. The van der Waals surface area contributed by atoms with E-state index in [2.05, 4.69) is 4.90 Å². The summed E-state index contributed by atoms with van der Waals surface area (Å²) >= 11 is 0. The molecule has 4 aliphatic rings. The van der Waals surface area contributed by atoms with E-state index in [1.165, 1.54) is 90.6 Å². The minimum atomic E-state index is -0.665. The van der Waals surface area contributed by atoms with Crippen LogP contribution in [0, 0.1) is 0 Å². The first-order valence-corrected chi connectivity index (χ1v) is 14.2. The van der Waals surface area contributed by atoms with E-state index in [4.69, 9.17) is 30.1 Å². The van der Waals surface area contributed by atoms with Crippen LogP contribution in [-0.2, 0) is 24.3 Å². The maximum atomic E-state index is 8.81. The van der Waals surface area contributed by atoms with Crippen LogP contribution in [0.25, 0.3) is 0 Å². The van der Waals surface area contributed by atoms with Gasteiger partial charge < -0.3 is 15.4 Å². The normalized spacial score (nSPS) is 26.1. The summed E-state index contributed by atoms with van der Waals surface area (Å²) in [6, 6.07) is 0. The van der Waals surface area contributed by atoms with Crippen LogP contribution < -0.4 is 5.73 Å². The second kappa shape index (κ2) is 17.8. The number of carbonyl (C=O) groups is 1. The summed E-state index contributed by atoms with van der Waals surface area (Å²) in [5, 5.41) is 0. The summed E-state index contributed by atoms with van der Waals surface area (Å²) in [6.45, 7) is 5.91. The molecule has 2 N–H and O–H groups in total. The average molecular weight is 485 g/mol. The molecule has 0 aromatic carbocycles. The van der Waals surface area contributed by atoms with Crippen LogP contribution in [0.1, 0.15) is 129 Å². The molecule has 0 radical (unpaired) electrons. The van der Waals surface area contributed by atoms with Gasteiger partial charge in [-0.2, -0.15) is 19.6 Å². The quantitative estimate of drug-likeness (QED) is 0.369. The standard InChI is InChI=1S/C18H32O4.C7H16N2.C2H4O/c1-2-4-6-9-13-17(14-10-7-5-3-1)19-21-18(22-20-17)15-11-8-12-16-18;8-4-7-9-5-2-1-3-6-9;1-2-3/h1-16H2;1-8H2;2H,1H3. The van der Waals surface area contributed by atoms with Crippen LogP contribution in [0.4, 0.5) is 0 Å². The fourth-order valence-corrected chi connectivity index (χ4v) is 5.27. The third-order valence-electron chi connectivity index (χ3n) is 7.32. The number of hydrogen-bond donors (Lipinski definition) is 1. The highest BCUT2D eigenvalue weighted by Gasteiger charge is 2.48. The molecule has 7 nitrogen and oxygen atoms in total. The Hall–Kier alpha value is -0.570. The van der Waals surface area contributed by atoms with Crippen LogP contribution >= 0.6 is 0 Å². The Morgan fingerprint density at radius 2 is 0.912 bits per heavy atom. The van der Waals surface area contributed by atoms with Crippen molar-refractivity contribution in [2.75, 3.05) is 26.2 Å². The fourth-order valence-electron chi connectivity index (χ4n) is 5.27. The molecule has 0 amide bonds. The Morgan fingerprint density at radius 3 is 1.26 bits per heavy atom. The van der Waals surface area contributed by atoms with Gasteiger partial charge in [-0.15, -0.1) is 0 Å². The molecular formula is C27H52N2O5. The fraction of sp³-hybridized carbons (Fsp3) is 0.963. The highest BCUT2D eigenvalue weighted by Crippen LogP contribution is 2.42. The van der Waals surface area contributed by atoms with Gasteiger partial charge in [0.15, 0.2) is 0 Å². The lowest BCUT2D eigenvalue weighted by atomic mass is 9.94. The van der Waals surface area contributed by atoms with Crippen LogP contribution in [0.5, 0.6) is 0 Å². The average Bonchev–Trinajstić information content (AvgIpc) is 2.86. The molecule has 0 aromatic rings. The maximum Gasteiger partial charge on any atom is 0.234 e. The zero-order chi connectivity index (χ0) is 24.4. The van der Waals surface area contributed by atoms with Gasteiger partial charge in [0.1, 0.15) is 6.29 Å². The molecule has 2 heterocycles. The van der Waals surface area contributed by atoms with Crippen molar-refractivity contribution in [1.29, 1.82) is 0 Å². The summed E-state index contributed by atoms with van der Waals surface area (Å²) in [5.74, 6) is -1.30. The molecule has 0 bridgehead atoms. The molecule has 2 saturated carbocycles. The first kappa shape index (κ1) is 29.7. The van der Waals surface area contributed by atoms with Gasteiger partial charge >= 0.3 is 0 Å². The van der Waals surface area contributed by atoms with E-state index >= 15 is 0 Å². The first-order chi connectivity index (χ1) is 16.7. The van der Waals surface area contributed by atoms with Gasteiger partial charge in [0.25, 0.3) is 0 Å². The number of nitrogens with zero attached hydrogens (tertiary/aromatic N) is 1. The van der Waals surface area contributed by atoms with Crippen molar-refractivity contribution in [3.05, 3.63) is 0 Å². The lowest BCUT2D eigenvalue weighted by molar-refractivity contribution is -0.661. The number of aldehydes is 1. The topological polar surface area (TPSA) is 83.2 Å². The molecule has 2 spiro atoms. The molecular weight excluding hydrogens is 432 g/mol. The molecule has 4 fully saturated rings. The minimum Gasteiger partial charge on any atom is -0.329 e. The van der Waals surface area contributed by atoms with Gasteiger partial charge in [0.05, 0.1) is 0 Å². The predicted octanol–water partition coefficient (Wildman–Crippen LogP) is 6.19. The number of carbonyl (C=O) groups excluding carboxylic acids is 1. The first-order valence-electron chi connectivity index (χ1n) is 14.2. The summed E-state index contributed by atoms with van der Waals surface area (Å²) in [6.07, 6.45) is 23.4. The Kier molecular flexibility index (Phi) is 15.5. The third kappa shape index (κ3) is 11.4. The highest BCUT2D eigenvalue weighted by molar-refractivity contribution is 5.44. The molecule has 2 aliphatic carbocycles. The van der Waals surface area contributed by atoms with Crippen LogP contribution in [0.2, 0.25) is 0 Å². The van der Waals surface area contributed by atoms with E-state index in [1.54, 1.807) is 0 Å². The SMILES string of the molecule is C1CCCCCC2(CCCCC1)OOC1(CCCCC1)OO2.CC=O.NCCN1CCCCC1. The highest BCUT2D eigenvalue weighted by atomic mass is 17.4. The van der Waals surface area contributed by atoms with Crippen molar-refractivity contribution in [1.82, 2.24) is 4.90 Å². The van der Waals surface area contributed by atoms with Crippen molar-refractivity contribution < 1.29 is 24.3 Å². The molecule has 2 saturated heterocycles. The Morgan fingerprint density at radius 1 is 0.618 bits per heavy atom. The van der Waals surface area contributed by atoms with E-state index in [0.29, 0.717) is 0 Å². The summed E-state index contributed by atoms with van der Waals surface area (Å²) in [4.78, 5) is 34.5. The van der Waals surface area contributed by atoms with Gasteiger partial charge in [0.2, 0.25) is 11.6 Å². The largest absolute Gasteiger partial charge is 0.329 e. The van der Waals surface area contributed by atoms with Gasteiger partial charge in [-0.1, -0.05) is 57.8 Å². The van der Waals surface area contributed by atoms with Crippen LogP contribution in [0.3, 0.4) is 0 Å². The van der Waals surface area contributed by atoms with Gasteiger partial charge in [-0.3, -0.25) is 0 Å². The summed E-state index contributed by atoms with van der Waals surface area (Å²) < 4.78 is 0. The minimum absolute atomic E-state index is 0.632. The van der Waals surface area contributed by atoms with Gasteiger partial charge in [0, 0.05) is 38.8 Å². The van der Waals surface area contributed by atoms with E-state index in [0.717, 1.165) is 70.7 Å². The Bertz CT molecular complexity index is 480. The number of piperidine rings is 1. The predicted molar refractivity (Wildman–Crippen MR) is 135 cm³/mol. The number of nitrogens with two attached hydrogens (primary N) is 1. The van der Waals surface area contributed by atoms with Gasteiger partial charge in [-0.05, 0) is 58.5 Å². The van der Waals surface area contributed by atoms with E-state index in [-0.39, 0.29) is 0 Å². The van der Waals surface area contributed by atoms with Gasteiger partial charge in [-0.25, -0.2) is 0 Å². The molecule has 200 valence electrons. The second-order valence-electron chi connectivity index (χ2n) is 10.3. The van der Waals surface area contributed by atoms with Crippen molar-refractivity contribution in [2.45, 2.75) is 140 Å². The Labute approximate surface area is 208 Å². The summed E-state index contributed by atoms with van der Waals surface area (Å²) in [7, 11) is 0. The van der Waals surface area contributed by atoms with Crippen molar-refractivity contribution in [3.63, 3.8) is 0 Å². The molecule has 0 atom stereocenters. The van der Waals surface area contributed by atoms with Crippen LogP contribution in [-0.4, -0.2) is 48.9 Å². The number of rotatable bonds is 2. The van der Waals surface area contributed by atoms with Crippen molar-refractivity contribution in [3.8, 4) is 0 Å².